The molecule has 1 aromatic heterocycles. The Kier molecular flexibility index (Phi) is 2.97. The third-order valence-corrected chi connectivity index (χ3v) is 3.34. The van der Waals surface area contributed by atoms with Gasteiger partial charge >= 0.3 is 0 Å². The number of benzene rings is 2. The molecule has 5 heteroatoms. The minimum absolute atomic E-state index is 0.0280. The van der Waals surface area contributed by atoms with E-state index in [-0.39, 0.29) is 5.69 Å². The Morgan fingerprint density at radius 2 is 1.71 bits per heavy atom. The molecule has 0 saturated carbocycles. The van der Waals surface area contributed by atoms with Gasteiger partial charge in [-0.2, -0.15) is 0 Å². The fraction of sp³-hybridized carbons (Fsp3) is 0.188. The van der Waals surface area contributed by atoms with Crippen LogP contribution in [-0.4, -0.2) is 9.91 Å². The topological polar surface area (TPSA) is 69.2 Å². The van der Waals surface area contributed by atoms with Crippen LogP contribution in [0.3, 0.4) is 0 Å². The molecule has 3 rings (SSSR count). The van der Waals surface area contributed by atoms with E-state index in [4.69, 9.17) is 4.42 Å². The maximum atomic E-state index is 10.9. The van der Waals surface area contributed by atoms with Gasteiger partial charge in [0.25, 0.3) is 5.69 Å². The van der Waals surface area contributed by atoms with Crippen LogP contribution in [0.25, 0.3) is 22.6 Å². The van der Waals surface area contributed by atoms with Gasteiger partial charge in [-0.15, -0.1) is 0 Å². The van der Waals surface area contributed by atoms with Crippen molar-refractivity contribution < 1.29 is 9.34 Å². The van der Waals surface area contributed by atoms with Crippen LogP contribution in [0, 0.1) is 30.9 Å². The smallest absolute Gasteiger partial charge is 0.272 e. The van der Waals surface area contributed by atoms with Crippen molar-refractivity contribution in [1.82, 2.24) is 4.98 Å². The van der Waals surface area contributed by atoms with E-state index in [1.807, 2.05) is 26.0 Å². The third kappa shape index (κ3) is 2.38. The Balaban J connectivity index is 2.21. The summed E-state index contributed by atoms with van der Waals surface area (Å²) in [6.45, 7) is 5.80. The molecule has 0 amide bonds. The highest BCUT2D eigenvalue weighted by Crippen LogP contribution is 2.30. The zero-order valence-electron chi connectivity index (χ0n) is 12.0. The van der Waals surface area contributed by atoms with Gasteiger partial charge in [0, 0.05) is 23.3 Å². The molecule has 0 aliphatic heterocycles. The Morgan fingerprint density at radius 1 is 1.05 bits per heavy atom. The summed E-state index contributed by atoms with van der Waals surface area (Å²) >= 11 is 0. The number of aryl methyl sites for hydroxylation is 3. The maximum Gasteiger partial charge on any atom is 0.272 e. The summed E-state index contributed by atoms with van der Waals surface area (Å²) in [7, 11) is 0. The lowest BCUT2D eigenvalue weighted by Crippen LogP contribution is -1.88. The number of nitro benzene ring substituents is 1. The van der Waals surface area contributed by atoms with Gasteiger partial charge in [-0.3, -0.25) is 10.1 Å². The summed E-state index contributed by atoms with van der Waals surface area (Å²) in [6, 6.07) is 8.99. The van der Waals surface area contributed by atoms with E-state index in [0.717, 1.165) is 16.7 Å². The molecule has 0 fully saturated rings. The maximum absolute atomic E-state index is 10.9. The van der Waals surface area contributed by atoms with E-state index in [2.05, 4.69) is 11.1 Å². The summed E-state index contributed by atoms with van der Waals surface area (Å²) in [6.07, 6.45) is 0. The van der Waals surface area contributed by atoms with Crippen molar-refractivity contribution in [1.29, 1.82) is 0 Å². The standard InChI is InChI=1S/C16H14N2O3/c1-9-4-10(2)6-12(5-9)16-17-14-8-13(18(19)20)7-11(3)15(14)21-16/h4-8H,1-3H3. The molecule has 0 unspecified atom stereocenters. The monoisotopic (exact) mass is 282 g/mol. The van der Waals surface area contributed by atoms with Crippen LogP contribution in [-0.2, 0) is 0 Å². The van der Waals surface area contributed by atoms with E-state index < -0.39 is 4.92 Å². The predicted octanol–water partition coefficient (Wildman–Crippen LogP) is 4.33. The first-order valence-electron chi connectivity index (χ1n) is 6.58. The van der Waals surface area contributed by atoms with Crippen LogP contribution in [0.5, 0.6) is 0 Å². The number of non-ortho nitro benzene ring substituents is 1. The fourth-order valence-corrected chi connectivity index (χ4v) is 2.51. The number of nitrogens with zero attached hydrogens (tertiary/aromatic N) is 2. The molecular formula is C16H14N2O3. The van der Waals surface area contributed by atoms with Crippen molar-refractivity contribution in [3.05, 3.63) is 57.1 Å². The number of hydrogen-bond acceptors (Lipinski definition) is 4. The molecule has 3 aromatic rings. The van der Waals surface area contributed by atoms with Crippen LogP contribution >= 0.6 is 0 Å². The molecule has 0 atom stereocenters. The Labute approximate surface area is 121 Å². The quantitative estimate of drug-likeness (QED) is 0.518. The second-order valence-corrected chi connectivity index (χ2v) is 5.26. The highest BCUT2D eigenvalue weighted by Gasteiger charge is 2.16. The van der Waals surface area contributed by atoms with Crippen LogP contribution in [0.2, 0.25) is 0 Å². The van der Waals surface area contributed by atoms with Gasteiger partial charge in [0.05, 0.1) is 4.92 Å². The van der Waals surface area contributed by atoms with Gasteiger partial charge in [0.15, 0.2) is 5.58 Å². The van der Waals surface area contributed by atoms with Crippen molar-refractivity contribution in [3.63, 3.8) is 0 Å². The van der Waals surface area contributed by atoms with Gasteiger partial charge in [0.1, 0.15) is 5.52 Å². The molecule has 0 aliphatic carbocycles. The number of aromatic nitrogens is 1. The predicted molar refractivity (Wildman–Crippen MR) is 80.3 cm³/mol. The van der Waals surface area contributed by atoms with Crippen molar-refractivity contribution in [2.24, 2.45) is 0 Å². The number of fused-ring (bicyclic) bond motifs is 1. The van der Waals surface area contributed by atoms with Crippen molar-refractivity contribution >= 4 is 16.8 Å². The van der Waals surface area contributed by atoms with Gasteiger partial charge < -0.3 is 4.42 Å². The van der Waals surface area contributed by atoms with E-state index >= 15 is 0 Å². The summed E-state index contributed by atoms with van der Waals surface area (Å²) in [5, 5.41) is 10.9. The second kappa shape index (κ2) is 4.70. The molecule has 106 valence electrons. The summed E-state index contributed by atoms with van der Waals surface area (Å²) < 4.78 is 5.80. The lowest BCUT2D eigenvalue weighted by atomic mass is 10.1. The second-order valence-electron chi connectivity index (χ2n) is 5.26. The van der Waals surface area contributed by atoms with E-state index in [1.165, 1.54) is 12.1 Å². The average molecular weight is 282 g/mol. The van der Waals surface area contributed by atoms with Gasteiger partial charge in [-0.05, 0) is 32.9 Å². The fourth-order valence-electron chi connectivity index (χ4n) is 2.51. The molecule has 21 heavy (non-hydrogen) atoms. The number of hydrogen-bond donors (Lipinski definition) is 0. The van der Waals surface area contributed by atoms with E-state index in [9.17, 15) is 10.1 Å². The van der Waals surface area contributed by atoms with Crippen LogP contribution < -0.4 is 0 Å². The molecular weight excluding hydrogens is 268 g/mol. The normalized spacial score (nSPS) is 11.0. The van der Waals surface area contributed by atoms with Crippen LogP contribution in [0.15, 0.2) is 34.7 Å². The Hall–Kier alpha value is -2.69. The molecule has 0 saturated heterocycles. The molecule has 5 nitrogen and oxygen atoms in total. The van der Waals surface area contributed by atoms with Gasteiger partial charge in [-0.25, -0.2) is 4.98 Å². The highest BCUT2D eigenvalue weighted by molar-refractivity contribution is 5.81. The van der Waals surface area contributed by atoms with Gasteiger partial charge in [0.2, 0.25) is 5.89 Å². The minimum Gasteiger partial charge on any atom is -0.436 e. The molecule has 0 radical (unpaired) electrons. The number of nitro groups is 1. The summed E-state index contributed by atoms with van der Waals surface area (Å²) in [5.41, 5.74) is 4.96. The molecule has 0 N–H and O–H groups in total. The third-order valence-electron chi connectivity index (χ3n) is 3.34. The first-order chi connectivity index (χ1) is 9.94. The SMILES string of the molecule is Cc1cc(C)cc(-c2nc3cc([N+](=O)[O-])cc(C)c3o2)c1. The van der Waals surface area contributed by atoms with Crippen LogP contribution in [0.1, 0.15) is 16.7 Å². The first kappa shape index (κ1) is 13.3. The zero-order chi connectivity index (χ0) is 15.1. The summed E-state index contributed by atoms with van der Waals surface area (Å²) in [5.74, 6) is 0.486. The van der Waals surface area contributed by atoms with Crippen molar-refractivity contribution in [2.75, 3.05) is 0 Å². The Bertz CT molecular complexity index is 845. The Morgan fingerprint density at radius 3 is 2.33 bits per heavy atom. The highest BCUT2D eigenvalue weighted by atomic mass is 16.6. The summed E-state index contributed by atoms with van der Waals surface area (Å²) in [4.78, 5) is 14.9. The minimum atomic E-state index is -0.419. The van der Waals surface area contributed by atoms with E-state index in [0.29, 0.717) is 22.6 Å². The van der Waals surface area contributed by atoms with Crippen molar-refractivity contribution in [2.45, 2.75) is 20.8 Å². The lowest BCUT2D eigenvalue weighted by molar-refractivity contribution is -0.384. The molecule has 1 heterocycles. The molecule has 0 aliphatic rings. The lowest BCUT2D eigenvalue weighted by Gasteiger charge is -2.00. The van der Waals surface area contributed by atoms with E-state index in [1.54, 1.807) is 6.92 Å². The zero-order valence-corrected chi connectivity index (χ0v) is 12.0. The van der Waals surface area contributed by atoms with Crippen molar-refractivity contribution in [3.8, 4) is 11.5 Å². The largest absolute Gasteiger partial charge is 0.436 e. The average Bonchev–Trinajstić information content (AvgIpc) is 2.82. The number of rotatable bonds is 2. The van der Waals surface area contributed by atoms with Gasteiger partial charge in [-0.1, -0.05) is 17.2 Å². The first-order valence-corrected chi connectivity index (χ1v) is 6.58. The van der Waals surface area contributed by atoms with Crippen LogP contribution in [0.4, 0.5) is 5.69 Å². The number of oxazole rings is 1. The molecule has 0 spiro atoms. The molecule has 0 bridgehead atoms. The molecule has 2 aromatic carbocycles.